The molecule has 4 rings (SSSR count). The van der Waals surface area contributed by atoms with E-state index in [0.717, 1.165) is 16.6 Å². The smallest absolute Gasteiger partial charge is 0.408 e. The maximum absolute atomic E-state index is 13.5. The summed E-state index contributed by atoms with van der Waals surface area (Å²) in [4.78, 5) is 39.5. The van der Waals surface area contributed by atoms with Gasteiger partial charge in [0.15, 0.2) is 5.78 Å². The highest BCUT2D eigenvalue weighted by atomic mass is 16.5. The predicted molar refractivity (Wildman–Crippen MR) is 148 cm³/mol. The number of hydrogen-bond donors (Lipinski definition) is 2. The molecule has 2 atom stereocenters. The second-order valence-electron chi connectivity index (χ2n) is 9.84. The Hall–Kier alpha value is -4.53. The number of carbonyl (C=O) groups is 3. The number of fused-ring (bicyclic) bond motifs is 1. The van der Waals surface area contributed by atoms with Crippen molar-refractivity contribution in [1.82, 2.24) is 25.6 Å². The average Bonchev–Trinajstić information content (AvgIpc) is 3.34. The Morgan fingerprint density at radius 3 is 2.15 bits per heavy atom. The first kappa shape index (κ1) is 27.5. The van der Waals surface area contributed by atoms with E-state index in [4.69, 9.17) is 4.74 Å². The molecule has 1 heterocycles. The zero-order chi connectivity index (χ0) is 27.6. The molecule has 0 bridgehead atoms. The van der Waals surface area contributed by atoms with Crippen LogP contribution < -0.4 is 10.6 Å². The number of carbonyl (C=O) groups excluding carboxylic acids is 3. The Morgan fingerprint density at radius 2 is 1.46 bits per heavy atom. The van der Waals surface area contributed by atoms with Gasteiger partial charge in [0.25, 0.3) is 0 Å². The number of benzene rings is 3. The molecule has 4 aromatic rings. The molecule has 9 nitrogen and oxygen atoms in total. The van der Waals surface area contributed by atoms with Crippen LogP contribution in [0.25, 0.3) is 11.0 Å². The Balaban J connectivity index is 1.47. The van der Waals surface area contributed by atoms with Crippen molar-refractivity contribution in [1.29, 1.82) is 0 Å². The lowest BCUT2D eigenvalue weighted by molar-refractivity contribution is -0.129. The summed E-state index contributed by atoms with van der Waals surface area (Å²) in [5.74, 6) is -0.559. The third-order valence-corrected chi connectivity index (χ3v) is 6.24. The lowest BCUT2D eigenvalue weighted by Crippen LogP contribution is -2.53. The normalized spacial score (nSPS) is 12.6. The van der Waals surface area contributed by atoms with Gasteiger partial charge in [-0.3, -0.25) is 9.59 Å². The van der Waals surface area contributed by atoms with Crippen LogP contribution in [0.4, 0.5) is 4.79 Å². The standard InChI is InChI=1S/C30H33N5O4/c1-21(2)17-26(32-30(38)39-20-23-13-7-4-8-14-23)29(37)31-25(18-22-11-5-3-6-12-22)28(36)19-35-27-16-10-9-15-24(27)33-34-35/h3-16,21,25-26H,17-20H2,1-2H3,(H,31,37)(H,32,38). The number of nitrogens with one attached hydrogen (secondary N) is 2. The van der Waals surface area contributed by atoms with Gasteiger partial charge in [-0.15, -0.1) is 5.10 Å². The maximum atomic E-state index is 13.5. The van der Waals surface area contributed by atoms with Crippen LogP contribution in [-0.4, -0.2) is 44.9 Å². The summed E-state index contributed by atoms with van der Waals surface area (Å²) < 4.78 is 6.87. The molecule has 3 aromatic carbocycles. The van der Waals surface area contributed by atoms with Crippen molar-refractivity contribution in [3.8, 4) is 0 Å². The molecule has 9 heteroatoms. The summed E-state index contributed by atoms with van der Waals surface area (Å²) in [6, 6.07) is 24.4. The number of para-hydroxylation sites is 1. The molecule has 1 aromatic heterocycles. The zero-order valence-corrected chi connectivity index (χ0v) is 22.1. The van der Waals surface area contributed by atoms with Gasteiger partial charge in [-0.05, 0) is 42.0 Å². The van der Waals surface area contributed by atoms with Crippen molar-refractivity contribution in [2.45, 2.75) is 51.9 Å². The Bertz CT molecular complexity index is 1390. The van der Waals surface area contributed by atoms with Crippen molar-refractivity contribution in [3.05, 3.63) is 96.1 Å². The Kier molecular flexibility index (Phi) is 9.39. The summed E-state index contributed by atoms with van der Waals surface area (Å²) in [6.07, 6.45) is -0.0170. The maximum Gasteiger partial charge on any atom is 0.408 e. The van der Waals surface area contributed by atoms with Gasteiger partial charge in [-0.1, -0.05) is 91.9 Å². The fourth-order valence-corrected chi connectivity index (χ4v) is 4.27. The summed E-state index contributed by atoms with van der Waals surface area (Å²) in [5, 5.41) is 13.8. The monoisotopic (exact) mass is 527 g/mol. The number of ether oxygens (including phenoxy) is 1. The Labute approximate surface area is 227 Å². The number of Topliss-reactive ketones (excluding diaryl/α,β-unsaturated/α-hetero) is 1. The molecule has 0 aliphatic rings. The first-order chi connectivity index (χ1) is 18.9. The topological polar surface area (TPSA) is 115 Å². The number of hydrogen-bond acceptors (Lipinski definition) is 6. The van der Waals surface area contributed by atoms with Gasteiger partial charge in [0.1, 0.15) is 24.7 Å². The largest absolute Gasteiger partial charge is 0.445 e. The van der Waals surface area contributed by atoms with Crippen molar-refractivity contribution in [2.75, 3.05) is 0 Å². The highest BCUT2D eigenvalue weighted by Crippen LogP contribution is 2.13. The van der Waals surface area contributed by atoms with Crippen LogP contribution in [0, 0.1) is 5.92 Å². The number of rotatable bonds is 12. The minimum atomic E-state index is -0.869. The molecule has 2 unspecified atom stereocenters. The Morgan fingerprint density at radius 1 is 0.821 bits per heavy atom. The zero-order valence-electron chi connectivity index (χ0n) is 22.1. The summed E-state index contributed by atoms with van der Waals surface area (Å²) in [6.45, 7) is 3.95. The molecule has 0 aliphatic heterocycles. The second kappa shape index (κ2) is 13.3. The number of alkyl carbamates (subject to hydrolysis) is 1. The van der Waals surface area contributed by atoms with E-state index in [0.29, 0.717) is 18.4 Å². The quantitative estimate of drug-likeness (QED) is 0.287. The van der Waals surface area contributed by atoms with Crippen LogP contribution in [0.1, 0.15) is 31.4 Å². The third kappa shape index (κ3) is 7.98. The fourth-order valence-electron chi connectivity index (χ4n) is 4.27. The number of amides is 2. The highest BCUT2D eigenvalue weighted by Gasteiger charge is 2.28. The van der Waals surface area contributed by atoms with E-state index in [1.54, 1.807) is 0 Å². The minimum Gasteiger partial charge on any atom is -0.445 e. The molecule has 0 aliphatic carbocycles. The van der Waals surface area contributed by atoms with Crippen molar-refractivity contribution < 1.29 is 19.1 Å². The second-order valence-corrected chi connectivity index (χ2v) is 9.84. The number of ketones is 1. The molecule has 2 amide bonds. The van der Waals surface area contributed by atoms with E-state index in [2.05, 4.69) is 20.9 Å². The first-order valence-electron chi connectivity index (χ1n) is 13.0. The fraction of sp³-hybridized carbons (Fsp3) is 0.300. The number of aromatic nitrogens is 3. The van der Waals surface area contributed by atoms with Crippen molar-refractivity contribution in [2.24, 2.45) is 5.92 Å². The van der Waals surface area contributed by atoms with Gasteiger partial charge < -0.3 is 15.4 Å². The lowest BCUT2D eigenvalue weighted by Gasteiger charge is -2.24. The van der Waals surface area contributed by atoms with Gasteiger partial charge in [0.05, 0.1) is 11.6 Å². The third-order valence-electron chi connectivity index (χ3n) is 6.24. The van der Waals surface area contributed by atoms with Gasteiger partial charge >= 0.3 is 6.09 Å². The van der Waals surface area contributed by atoms with Crippen LogP contribution in [0.15, 0.2) is 84.9 Å². The molecule has 0 saturated heterocycles. The van der Waals surface area contributed by atoms with Crippen LogP contribution in [-0.2, 0) is 33.9 Å². The van der Waals surface area contributed by atoms with E-state index in [1.165, 1.54) is 4.68 Å². The van der Waals surface area contributed by atoms with Gasteiger partial charge in [0.2, 0.25) is 5.91 Å². The first-order valence-corrected chi connectivity index (χ1v) is 13.0. The van der Waals surface area contributed by atoms with Crippen LogP contribution in [0.3, 0.4) is 0 Å². The van der Waals surface area contributed by atoms with E-state index < -0.39 is 24.1 Å². The van der Waals surface area contributed by atoms with Crippen LogP contribution in [0.2, 0.25) is 0 Å². The summed E-state index contributed by atoms with van der Waals surface area (Å²) in [7, 11) is 0. The molecule has 2 N–H and O–H groups in total. The molecule has 0 saturated carbocycles. The molecule has 0 fully saturated rings. The van der Waals surface area contributed by atoms with Crippen molar-refractivity contribution >= 4 is 28.8 Å². The van der Waals surface area contributed by atoms with E-state index in [-0.39, 0.29) is 24.9 Å². The highest BCUT2D eigenvalue weighted by molar-refractivity contribution is 5.92. The lowest BCUT2D eigenvalue weighted by atomic mass is 9.99. The molecule has 0 radical (unpaired) electrons. The molecular formula is C30H33N5O4. The van der Waals surface area contributed by atoms with Crippen LogP contribution in [0.5, 0.6) is 0 Å². The summed E-state index contributed by atoms with van der Waals surface area (Å²) in [5.41, 5.74) is 3.15. The van der Waals surface area contributed by atoms with Gasteiger partial charge in [-0.25, -0.2) is 9.48 Å². The summed E-state index contributed by atoms with van der Waals surface area (Å²) >= 11 is 0. The molecule has 202 valence electrons. The van der Waals surface area contributed by atoms with E-state index in [1.807, 2.05) is 98.8 Å². The number of nitrogens with zero attached hydrogens (tertiary/aromatic N) is 3. The van der Waals surface area contributed by atoms with E-state index >= 15 is 0 Å². The van der Waals surface area contributed by atoms with Crippen LogP contribution >= 0.6 is 0 Å². The average molecular weight is 528 g/mol. The minimum absolute atomic E-state index is 0.0559. The SMILES string of the molecule is CC(C)CC(NC(=O)OCc1ccccc1)C(=O)NC(Cc1ccccc1)C(=O)Cn1nnc2ccccc21. The van der Waals surface area contributed by atoms with Gasteiger partial charge in [-0.2, -0.15) is 0 Å². The predicted octanol–water partition coefficient (Wildman–Crippen LogP) is 4.07. The molecule has 39 heavy (non-hydrogen) atoms. The van der Waals surface area contributed by atoms with Crippen molar-refractivity contribution in [3.63, 3.8) is 0 Å². The molecular weight excluding hydrogens is 494 g/mol. The van der Waals surface area contributed by atoms with Gasteiger partial charge in [0, 0.05) is 0 Å². The molecule has 0 spiro atoms. The van der Waals surface area contributed by atoms with E-state index in [9.17, 15) is 14.4 Å².